The van der Waals surface area contributed by atoms with E-state index in [9.17, 15) is 5.11 Å². The minimum atomic E-state index is -0.305. The van der Waals surface area contributed by atoms with E-state index in [1.807, 2.05) is 24.3 Å². The van der Waals surface area contributed by atoms with E-state index in [2.05, 4.69) is 33.0 Å². The van der Waals surface area contributed by atoms with Gasteiger partial charge in [0, 0.05) is 12.6 Å². The molecule has 0 aromatic heterocycles. The Morgan fingerprint density at radius 3 is 2.26 bits per heavy atom. The average molecular weight is 265 g/mol. The summed E-state index contributed by atoms with van der Waals surface area (Å²) in [7, 11) is 1.67. The summed E-state index contributed by atoms with van der Waals surface area (Å²) >= 11 is 0. The van der Waals surface area contributed by atoms with Crippen molar-refractivity contribution in [1.29, 1.82) is 0 Å². The summed E-state index contributed by atoms with van der Waals surface area (Å²) in [5.74, 6) is 0.865. The van der Waals surface area contributed by atoms with Crippen molar-refractivity contribution in [3.63, 3.8) is 0 Å². The number of ether oxygens (including phenoxy) is 1. The van der Waals surface area contributed by atoms with Crippen LogP contribution in [0.4, 0.5) is 0 Å². The van der Waals surface area contributed by atoms with Crippen molar-refractivity contribution >= 4 is 0 Å². The lowest BCUT2D eigenvalue weighted by Gasteiger charge is -2.24. The highest BCUT2D eigenvalue weighted by molar-refractivity contribution is 5.28. The molecule has 0 spiro atoms. The Kier molecular flexibility index (Phi) is 5.83. The van der Waals surface area contributed by atoms with Crippen molar-refractivity contribution in [3.05, 3.63) is 29.8 Å². The molecule has 2 atom stereocenters. The first-order chi connectivity index (χ1) is 8.81. The zero-order valence-corrected chi connectivity index (χ0v) is 12.7. The Bertz CT molecular complexity index is 367. The molecular weight excluding hydrogens is 238 g/mol. The molecule has 0 amide bonds. The van der Waals surface area contributed by atoms with Gasteiger partial charge in [-0.2, -0.15) is 0 Å². The molecule has 3 nitrogen and oxygen atoms in total. The largest absolute Gasteiger partial charge is 0.497 e. The second-order valence-corrected chi connectivity index (χ2v) is 6.32. The zero-order chi connectivity index (χ0) is 14.5. The van der Waals surface area contributed by atoms with Gasteiger partial charge in [0.1, 0.15) is 5.75 Å². The van der Waals surface area contributed by atoms with Crippen LogP contribution in [0.1, 0.15) is 45.7 Å². The quantitative estimate of drug-likeness (QED) is 0.830. The van der Waals surface area contributed by atoms with Crippen molar-refractivity contribution in [2.45, 2.75) is 46.3 Å². The van der Waals surface area contributed by atoms with Crippen LogP contribution in [0.2, 0.25) is 0 Å². The molecule has 19 heavy (non-hydrogen) atoms. The lowest BCUT2D eigenvalue weighted by Crippen LogP contribution is -2.31. The van der Waals surface area contributed by atoms with Gasteiger partial charge in [-0.3, -0.25) is 0 Å². The molecule has 0 aliphatic carbocycles. The molecule has 3 heteroatoms. The maximum absolute atomic E-state index is 9.98. The molecule has 0 heterocycles. The normalized spacial score (nSPS) is 15.1. The number of hydrogen-bond acceptors (Lipinski definition) is 3. The van der Waals surface area contributed by atoms with Crippen LogP contribution in [-0.2, 0) is 0 Å². The van der Waals surface area contributed by atoms with Crippen molar-refractivity contribution in [2.24, 2.45) is 5.41 Å². The van der Waals surface area contributed by atoms with E-state index in [-0.39, 0.29) is 17.6 Å². The molecule has 0 saturated carbocycles. The molecule has 1 rings (SSSR count). The molecule has 2 N–H and O–H groups in total. The van der Waals surface area contributed by atoms with E-state index >= 15 is 0 Å². The Hall–Kier alpha value is -1.06. The molecule has 0 fully saturated rings. The summed E-state index contributed by atoms with van der Waals surface area (Å²) in [6.07, 6.45) is 0.496. The van der Waals surface area contributed by atoms with Gasteiger partial charge in [-0.05, 0) is 36.5 Å². The zero-order valence-electron chi connectivity index (χ0n) is 12.7. The summed E-state index contributed by atoms with van der Waals surface area (Å²) < 4.78 is 5.14. The number of aliphatic hydroxyl groups excluding tert-OH is 1. The van der Waals surface area contributed by atoms with Crippen molar-refractivity contribution in [2.75, 3.05) is 13.7 Å². The highest BCUT2D eigenvalue weighted by Crippen LogP contribution is 2.21. The number of benzene rings is 1. The van der Waals surface area contributed by atoms with Crippen LogP contribution in [0.5, 0.6) is 5.75 Å². The SMILES string of the molecule is COc1ccc(C(C)NCC(O)CC(C)(C)C)cc1. The molecule has 1 aromatic carbocycles. The van der Waals surface area contributed by atoms with Gasteiger partial charge in [0.25, 0.3) is 0 Å². The first-order valence-corrected chi connectivity index (χ1v) is 6.87. The summed E-state index contributed by atoms with van der Waals surface area (Å²) in [6, 6.07) is 8.23. The highest BCUT2D eigenvalue weighted by Gasteiger charge is 2.17. The van der Waals surface area contributed by atoms with Crippen LogP contribution in [0.25, 0.3) is 0 Å². The molecule has 0 bridgehead atoms. The van der Waals surface area contributed by atoms with Gasteiger partial charge in [0.05, 0.1) is 13.2 Å². The monoisotopic (exact) mass is 265 g/mol. The lowest BCUT2D eigenvalue weighted by molar-refractivity contribution is 0.117. The van der Waals surface area contributed by atoms with Crippen molar-refractivity contribution in [3.8, 4) is 5.75 Å². The Morgan fingerprint density at radius 2 is 1.79 bits per heavy atom. The molecule has 0 aliphatic heterocycles. The number of methoxy groups -OCH3 is 1. The van der Waals surface area contributed by atoms with Crippen molar-refractivity contribution in [1.82, 2.24) is 5.32 Å². The van der Waals surface area contributed by atoms with Gasteiger partial charge in [-0.15, -0.1) is 0 Å². The van der Waals surface area contributed by atoms with Crippen LogP contribution in [0.3, 0.4) is 0 Å². The smallest absolute Gasteiger partial charge is 0.118 e. The molecule has 108 valence electrons. The molecule has 0 radical (unpaired) electrons. The minimum Gasteiger partial charge on any atom is -0.497 e. The fourth-order valence-corrected chi connectivity index (χ4v) is 2.10. The van der Waals surface area contributed by atoms with Crippen LogP contribution < -0.4 is 10.1 Å². The van der Waals surface area contributed by atoms with Crippen LogP contribution in [0.15, 0.2) is 24.3 Å². The molecule has 2 unspecified atom stereocenters. The second kappa shape index (κ2) is 6.92. The maximum atomic E-state index is 9.98. The van der Waals surface area contributed by atoms with E-state index in [0.29, 0.717) is 6.54 Å². The average Bonchev–Trinajstić information content (AvgIpc) is 2.34. The fourth-order valence-electron chi connectivity index (χ4n) is 2.10. The summed E-state index contributed by atoms with van der Waals surface area (Å²) in [4.78, 5) is 0. The minimum absolute atomic E-state index is 0.157. The van der Waals surface area contributed by atoms with Gasteiger partial charge in [-0.1, -0.05) is 32.9 Å². The predicted molar refractivity (Wildman–Crippen MR) is 79.5 cm³/mol. The predicted octanol–water partition coefficient (Wildman–Crippen LogP) is 3.14. The third-order valence-electron chi connectivity index (χ3n) is 3.12. The first kappa shape index (κ1) is 16.0. The van der Waals surface area contributed by atoms with Gasteiger partial charge in [0.2, 0.25) is 0 Å². The number of nitrogens with one attached hydrogen (secondary N) is 1. The number of hydrogen-bond donors (Lipinski definition) is 2. The highest BCUT2D eigenvalue weighted by atomic mass is 16.5. The number of aliphatic hydroxyl groups is 1. The maximum Gasteiger partial charge on any atom is 0.118 e. The van der Waals surface area contributed by atoms with Crippen molar-refractivity contribution < 1.29 is 9.84 Å². The Balaban J connectivity index is 2.43. The van der Waals surface area contributed by atoms with E-state index in [0.717, 1.165) is 12.2 Å². The van der Waals surface area contributed by atoms with E-state index in [1.54, 1.807) is 7.11 Å². The molecule has 1 aromatic rings. The lowest BCUT2D eigenvalue weighted by atomic mass is 9.89. The van der Waals surface area contributed by atoms with E-state index < -0.39 is 0 Å². The fraction of sp³-hybridized carbons (Fsp3) is 0.625. The van der Waals surface area contributed by atoms with E-state index in [1.165, 1.54) is 5.56 Å². The summed E-state index contributed by atoms with van der Waals surface area (Å²) in [5.41, 5.74) is 1.36. The second-order valence-electron chi connectivity index (χ2n) is 6.32. The van der Waals surface area contributed by atoms with Gasteiger partial charge < -0.3 is 15.2 Å². The van der Waals surface area contributed by atoms with E-state index in [4.69, 9.17) is 4.74 Å². The Morgan fingerprint density at radius 1 is 1.21 bits per heavy atom. The van der Waals surface area contributed by atoms with Crippen LogP contribution >= 0.6 is 0 Å². The molecule has 0 aliphatic rings. The molecular formula is C16H27NO2. The van der Waals surface area contributed by atoms with Gasteiger partial charge in [0.15, 0.2) is 0 Å². The third kappa shape index (κ3) is 6.08. The Labute approximate surface area is 117 Å². The topological polar surface area (TPSA) is 41.5 Å². The number of rotatable bonds is 6. The van der Waals surface area contributed by atoms with Crippen LogP contribution in [-0.4, -0.2) is 24.9 Å². The van der Waals surface area contributed by atoms with Gasteiger partial charge in [-0.25, -0.2) is 0 Å². The standard InChI is InChI=1S/C16H27NO2/c1-12(13-6-8-15(19-5)9-7-13)17-11-14(18)10-16(2,3)4/h6-9,12,14,17-18H,10-11H2,1-5H3. The summed E-state index contributed by atoms with van der Waals surface area (Å²) in [6.45, 7) is 9.14. The van der Waals surface area contributed by atoms with Crippen LogP contribution in [0, 0.1) is 5.41 Å². The third-order valence-corrected chi connectivity index (χ3v) is 3.12. The molecule has 0 saturated heterocycles. The summed E-state index contributed by atoms with van der Waals surface area (Å²) in [5, 5.41) is 13.3. The van der Waals surface area contributed by atoms with Gasteiger partial charge >= 0.3 is 0 Å². The first-order valence-electron chi connectivity index (χ1n) is 6.87.